The summed E-state index contributed by atoms with van der Waals surface area (Å²) in [5.74, 6) is 0.476. The molecule has 1 atom stereocenters. The predicted octanol–water partition coefficient (Wildman–Crippen LogP) is 0.778. The normalized spacial score (nSPS) is 13.6. The first-order valence-corrected chi connectivity index (χ1v) is 6.04. The van der Waals surface area contributed by atoms with Gasteiger partial charge in [0.05, 0.1) is 26.0 Å². The molecule has 0 saturated heterocycles. The minimum atomic E-state index is -0.874. The van der Waals surface area contributed by atoms with Crippen LogP contribution in [0.5, 0.6) is 0 Å². The van der Waals surface area contributed by atoms with Crippen molar-refractivity contribution in [2.45, 2.75) is 26.5 Å². The van der Waals surface area contributed by atoms with Gasteiger partial charge in [-0.05, 0) is 20.8 Å². The maximum Gasteiger partial charge on any atom is 0.193 e. The van der Waals surface area contributed by atoms with Gasteiger partial charge < -0.3 is 19.9 Å². The van der Waals surface area contributed by atoms with Crippen LogP contribution in [-0.2, 0) is 9.47 Å². The summed E-state index contributed by atoms with van der Waals surface area (Å²) in [6, 6.07) is 0. The Morgan fingerprint density at radius 3 is 2.56 bits per heavy atom. The Labute approximate surface area is 110 Å². The van der Waals surface area contributed by atoms with Crippen molar-refractivity contribution in [2.24, 2.45) is 0 Å². The highest BCUT2D eigenvalue weighted by Gasteiger charge is 2.34. The molecule has 0 rings (SSSR count). The fourth-order valence-electron chi connectivity index (χ4n) is 1.41. The third-order valence-electron chi connectivity index (χ3n) is 2.32. The van der Waals surface area contributed by atoms with E-state index in [1.54, 1.807) is 7.11 Å². The fraction of sp³-hybridized carbons (Fsp3) is 0.692. The minimum absolute atomic E-state index is 0.0108. The quantitative estimate of drug-likeness (QED) is 0.307. The molecule has 0 aromatic rings. The van der Waals surface area contributed by atoms with E-state index in [1.165, 1.54) is 0 Å². The van der Waals surface area contributed by atoms with E-state index in [1.807, 2.05) is 20.8 Å². The van der Waals surface area contributed by atoms with Crippen molar-refractivity contribution in [2.75, 3.05) is 33.4 Å². The first kappa shape index (κ1) is 17.0. The van der Waals surface area contributed by atoms with Gasteiger partial charge in [0.2, 0.25) is 0 Å². The van der Waals surface area contributed by atoms with Crippen LogP contribution in [-0.4, -0.2) is 44.2 Å². The molecule has 0 fully saturated rings. The van der Waals surface area contributed by atoms with Gasteiger partial charge in [0.15, 0.2) is 5.72 Å². The third-order valence-corrected chi connectivity index (χ3v) is 2.32. The Bertz CT molecular complexity index is 275. The van der Waals surface area contributed by atoms with Crippen molar-refractivity contribution >= 4 is 0 Å². The summed E-state index contributed by atoms with van der Waals surface area (Å²) >= 11 is 0. The average Bonchev–Trinajstić information content (AvgIpc) is 2.33. The zero-order valence-corrected chi connectivity index (χ0v) is 11.8. The molecule has 105 valence electrons. The molecule has 0 aromatic heterocycles. The zero-order valence-electron chi connectivity index (χ0n) is 11.8. The van der Waals surface area contributed by atoms with Crippen LogP contribution in [0, 0.1) is 6.20 Å². The van der Waals surface area contributed by atoms with E-state index in [-0.39, 0.29) is 6.61 Å². The largest absolute Gasteiger partial charge is 0.494 e. The van der Waals surface area contributed by atoms with Crippen LogP contribution in [0.2, 0.25) is 0 Å². The van der Waals surface area contributed by atoms with Crippen molar-refractivity contribution < 1.29 is 14.6 Å². The van der Waals surface area contributed by atoms with Crippen molar-refractivity contribution in [3.05, 3.63) is 24.1 Å². The molecule has 18 heavy (non-hydrogen) atoms. The molecule has 0 aliphatic rings. The smallest absolute Gasteiger partial charge is 0.193 e. The Morgan fingerprint density at radius 2 is 2.11 bits per heavy atom. The molecule has 5 heteroatoms. The van der Waals surface area contributed by atoms with E-state index in [2.05, 4.69) is 23.4 Å². The van der Waals surface area contributed by atoms with Crippen LogP contribution in [0.3, 0.4) is 0 Å². The first-order valence-electron chi connectivity index (χ1n) is 6.04. The topological polar surface area (TPSA) is 62.8 Å². The molecule has 0 aliphatic heterocycles. The Morgan fingerprint density at radius 1 is 1.44 bits per heavy atom. The number of hydrogen-bond acceptors (Lipinski definition) is 5. The van der Waals surface area contributed by atoms with Crippen LogP contribution >= 0.6 is 0 Å². The van der Waals surface area contributed by atoms with Crippen LogP contribution in [0.1, 0.15) is 20.8 Å². The molecule has 5 nitrogen and oxygen atoms in total. The second-order valence-electron chi connectivity index (χ2n) is 4.02. The lowest BCUT2D eigenvalue weighted by Crippen LogP contribution is -2.56. The Hall–Kier alpha value is -1.04. The van der Waals surface area contributed by atoms with E-state index >= 15 is 0 Å². The van der Waals surface area contributed by atoms with E-state index in [0.29, 0.717) is 25.5 Å². The van der Waals surface area contributed by atoms with Gasteiger partial charge in [0, 0.05) is 13.7 Å². The van der Waals surface area contributed by atoms with Gasteiger partial charge in [-0.2, -0.15) is 0 Å². The summed E-state index contributed by atoms with van der Waals surface area (Å²) in [5.41, 5.74) is 0.158. The number of methoxy groups -OCH3 is 1. The number of aliphatic hydroxyl groups excluding tert-OH is 1. The fourth-order valence-corrected chi connectivity index (χ4v) is 1.41. The van der Waals surface area contributed by atoms with E-state index in [0.717, 1.165) is 5.57 Å². The summed E-state index contributed by atoms with van der Waals surface area (Å²) in [6.07, 6.45) is 3.00. The van der Waals surface area contributed by atoms with Gasteiger partial charge in [-0.1, -0.05) is 12.2 Å². The number of hydrogen-bond donors (Lipinski definition) is 3. The van der Waals surface area contributed by atoms with Crippen molar-refractivity contribution in [3.63, 3.8) is 0 Å². The Balaban J connectivity index is 4.74. The SMILES string of the molecule is C=C(OCC)C(CN[C]=C(C)C)(NCCO)OC. The van der Waals surface area contributed by atoms with Crippen LogP contribution in [0.4, 0.5) is 0 Å². The van der Waals surface area contributed by atoms with Gasteiger partial charge in [0.1, 0.15) is 5.76 Å². The van der Waals surface area contributed by atoms with Crippen molar-refractivity contribution in [1.29, 1.82) is 0 Å². The summed E-state index contributed by atoms with van der Waals surface area (Å²) in [7, 11) is 1.57. The number of ether oxygens (including phenoxy) is 2. The van der Waals surface area contributed by atoms with Crippen LogP contribution in [0.25, 0.3) is 0 Å². The van der Waals surface area contributed by atoms with Gasteiger partial charge in [-0.3, -0.25) is 5.32 Å². The molecule has 0 aliphatic carbocycles. The number of rotatable bonds is 10. The molecular formula is C13H25N2O3. The van der Waals surface area contributed by atoms with Gasteiger partial charge in [0.25, 0.3) is 0 Å². The molecule has 0 bridgehead atoms. The molecule has 0 heterocycles. The lowest BCUT2D eigenvalue weighted by atomic mass is 10.1. The van der Waals surface area contributed by atoms with Crippen LogP contribution in [0.15, 0.2) is 17.9 Å². The molecule has 3 N–H and O–H groups in total. The number of nitrogens with one attached hydrogen (secondary N) is 2. The highest BCUT2D eigenvalue weighted by Crippen LogP contribution is 2.17. The third kappa shape index (κ3) is 5.53. The average molecular weight is 257 g/mol. The summed E-state index contributed by atoms with van der Waals surface area (Å²) < 4.78 is 10.9. The molecule has 0 spiro atoms. The highest BCUT2D eigenvalue weighted by molar-refractivity contribution is 5.07. The van der Waals surface area contributed by atoms with Gasteiger partial charge in [-0.15, -0.1) is 0 Å². The molecule has 1 unspecified atom stereocenters. The van der Waals surface area contributed by atoms with E-state index in [9.17, 15) is 0 Å². The minimum Gasteiger partial charge on any atom is -0.494 e. The molecular weight excluding hydrogens is 232 g/mol. The lowest BCUT2D eigenvalue weighted by Gasteiger charge is -2.34. The van der Waals surface area contributed by atoms with Gasteiger partial charge >= 0.3 is 0 Å². The van der Waals surface area contributed by atoms with Gasteiger partial charge in [-0.25, -0.2) is 0 Å². The maximum atomic E-state index is 8.92. The summed E-state index contributed by atoms with van der Waals surface area (Å²) in [5, 5.41) is 15.0. The summed E-state index contributed by atoms with van der Waals surface area (Å²) in [6.45, 7) is 11.0. The maximum absolute atomic E-state index is 8.92. The molecule has 0 aromatic carbocycles. The zero-order chi connectivity index (χ0) is 14.0. The Kier molecular flexibility index (Phi) is 8.45. The first-order chi connectivity index (χ1) is 8.52. The molecule has 0 saturated carbocycles. The van der Waals surface area contributed by atoms with E-state index < -0.39 is 5.72 Å². The monoisotopic (exact) mass is 257 g/mol. The second-order valence-corrected chi connectivity index (χ2v) is 4.02. The molecule has 0 amide bonds. The van der Waals surface area contributed by atoms with Crippen molar-refractivity contribution in [3.8, 4) is 0 Å². The number of aliphatic hydroxyl groups is 1. The second kappa shape index (κ2) is 8.97. The lowest BCUT2D eigenvalue weighted by molar-refractivity contribution is -0.0490. The van der Waals surface area contributed by atoms with Crippen molar-refractivity contribution in [1.82, 2.24) is 10.6 Å². The predicted molar refractivity (Wildman–Crippen MR) is 71.7 cm³/mol. The van der Waals surface area contributed by atoms with E-state index in [4.69, 9.17) is 14.6 Å². The highest BCUT2D eigenvalue weighted by atomic mass is 16.5. The molecule has 1 radical (unpaired) electrons. The summed E-state index contributed by atoms with van der Waals surface area (Å²) in [4.78, 5) is 0. The standard InChI is InChI=1S/C13H25N2O3/c1-6-18-12(4)13(17-5,15-7-8-16)10-14-9-11(2)3/h14-16H,4,6-8,10H2,1-3,5H3. The number of allylic oxidation sites excluding steroid dienone is 1. The van der Waals surface area contributed by atoms with Crippen LogP contribution < -0.4 is 10.6 Å².